The van der Waals surface area contributed by atoms with Gasteiger partial charge < -0.3 is 10.1 Å². The second-order valence-electron chi connectivity index (χ2n) is 2.98. The van der Waals surface area contributed by atoms with Gasteiger partial charge in [-0.3, -0.25) is 9.78 Å². The van der Waals surface area contributed by atoms with Gasteiger partial charge >= 0.3 is 0 Å². The number of rotatable bonds is 6. The summed E-state index contributed by atoms with van der Waals surface area (Å²) in [4.78, 5) is 15.1. The normalized spacial score (nSPS) is 10.3. The summed E-state index contributed by atoms with van der Waals surface area (Å²) in [5, 5.41) is 2.88. The van der Waals surface area contributed by atoms with E-state index in [1.807, 2.05) is 0 Å². The van der Waals surface area contributed by atoms with E-state index in [1.54, 1.807) is 7.11 Å². The molecule has 0 aliphatic rings. The molecule has 0 bridgehead atoms. The molecule has 1 aromatic heterocycles. The summed E-state index contributed by atoms with van der Waals surface area (Å²) in [5.41, 5.74) is 0.278. The second-order valence-corrected chi connectivity index (χ2v) is 2.98. The third-order valence-electron chi connectivity index (χ3n) is 1.80. The lowest BCUT2D eigenvalue weighted by Crippen LogP contribution is -2.26. The van der Waals surface area contributed by atoms with Crippen LogP contribution in [0.1, 0.15) is 10.4 Å². The highest BCUT2D eigenvalue weighted by atomic mass is 19.1. The summed E-state index contributed by atoms with van der Waals surface area (Å²) >= 11 is 0. The first-order valence-electron chi connectivity index (χ1n) is 4.57. The van der Waals surface area contributed by atoms with Crippen LogP contribution in [0.3, 0.4) is 0 Å². The van der Waals surface area contributed by atoms with Crippen molar-refractivity contribution in [3.8, 4) is 0 Å². The zero-order chi connectivity index (χ0) is 11.1. The molecular weight excluding hydrogens is 199 g/mol. The molecule has 1 aromatic rings. The Labute approximate surface area is 87.5 Å². The molecule has 0 fully saturated rings. The van der Waals surface area contributed by atoms with Crippen molar-refractivity contribution < 1.29 is 13.9 Å². The molecule has 15 heavy (non-hydrogen) atoms. The lowest BCUT2D eigenvalue weighted by molar-refractivity contribution is 0.0987. The Balaban J connectivity index is 2.40. The lowest BCUT2D eigenvalue weighted by Gasteiger charge is -2.03. The molecular formula is C10H13FN2O2. The van der Waals surface area contributed by atoms with Crippen molar-refractivity contribution >= 4 is 5.78 Å². The van der Waals surface area contributed by atoms with E-state index in [0.29, 0.717) is 13.2 Å². The van der Waals surface area contributed by atoms with Gasteiger partial charge in [0.15, 0.2) is 5.78 Å². The van der Waals surface area contributed by atoms with Gasteiger partial charge in [0.2, 0.25) is 0 Å². The van der Waals surface area contributed by atoms with Gasteiger partial charge in [-0.2, -0.15) is 0 Å². The molecule has 0 saturated heterocycles. The molecule has 0 aromatic carbocycles. The standard InChI is InChI=1S/C10H13FN2O2/c1-15-3-2-12-7-10(14)8-4-9(11)6-13-5-8/h4-6,12H,2-3,7H2,1H3. The summed E-state index contributed by atoms with van der Waals surface area (Å²) in [5.74, 6) is -0.684. The van der Waals surface area contributed by atoms with Crippen LogP contribution >= 0.6 is 0 Å². The van der Waals surface area contributed by atoms with Gasteiger partial charge in [-0.05, 0) is 6.07 Å². The number of nitrogens with zero attached hydrogens (tertiary/aromatic N) is 1. The van der Waals surface area contributed by atoms with Crippen molar-refractivity contribution in [1.82, 2.24) is 10.3 Å². The average Bonchev–Trinajstić information content (AvgIpc) is 2.24. The molecule has 1 heterocycles. The number of ketones is 1. The molecule has 0 saturated carbocycles. The molecule has 5 heteroatoms. The number of pyridine rings is 1. The van der Waals surface area contributed by atoms with E-state index in [-0.39, 0.29) is 17.9 Å². The summed E-state index contributed by atoms with van der Waals surface area (Å²) in [6.45, 7) is 1.29. The molecule has 0 spiro atoms. The highest BCUT2D eigenvalue weighted by Gasteiger charge is 2.06. The fraction of sp³-hybridized carbons (Fsp3) is 0.400. The number of ether oxygens (including phenoxy) is 1. The topological polar surface area (TPSA) is 51.2 Å². The van der Waals surface area contributed by atoms with Gasteiger partial charge in [-0.1, -0.05) is 0 Å². The van der Waals surface area contributed by atoms with Gasteiger partial charge in [0.05, 0.1) is 19.3 Å². The number of Topliss-reactive ketones (excluding diaryl/α,β-unsaturated/α-hetero) is 1. The van der Waals surface area contributed by atoms with Crippen LogP contribution in [-0.4, -0.2) is 37.6 Å². The first kappa shape index (κ1) is 11.7. The maximum atomic E-state index is 12.7. The predicted octanol–water partition coefficient (Wildman–Crippen LogP) is 0.639. The quantitative estimate of drug-likeness (QED) is 0.555. The number of hydrogen-bond acceptors (Lipinski definition) is 4. The number of aromatic nitrogens is 1. The van der Waals surface area contributed by atoms with E-state index in [1.165, 1.54) is 12.3 Å². The Morgan fingerprint density at radius 3 is 3.07 bits per heavy atom. The van der Waals surface area contributed by atoms with E-state index < -0.39 is 5.82 Å². The number of carbonyl (C=O) groups excluding carboxylic acids is 1. The minimum atomic E-state index is -0.502. The Morgan fingerprint density at radius 1 is 1.60 bits per heavy atom. The zero-order valence-corrected chi connectivity index (χ0v) is 8.50. The van der Waals surface area contributed by atoms with Crippen molar-refractivity contribution in [2.24, 2.45) is 0 Å². The molecule has 0 aliphatic heterocycles. The Hall–Kier alpha value is -1.33. The lowest BCUT2D eigenvalue weighted by atomic mass is 10.2. The highest BCUT2D eigenvalue weighted by molar-refractivity contribution is 5.97. The maximum Gasteiger partial charge on any atom is 0.178 e. The van der Waals surface area contributed by atoms with Crippen LogP contribution in [0.2, 0.25) is 0 Å². The minimum absolute atomic E-state index is 0.161. The van der Waals surface area contributed by atoms with E-state index in [2.05, 4.69) is 10.3 Å². The molecule has 0 aliphatic carbocycles. The van der Waals surface area contributed by atoms with Gasteiger partial charge in [0, 0.05) is 25.4 Å². The van der Waals surface area contributed by atoms with E-state index >= 15 is 0 Å². The molecule has 1 N–H and O–H groups in total. The summed E-state index contributed by atoms with van der Waals surface area (Å²) in [6, 6.07) is 1.17. The fourth-order valence-electron chi connectivity index (χ4n) is 1.04. The van der Waals surface area contributed by atoms with E-state index in [4.69, 9.17) is 4.74 Å². The van der Waals surface area contributed by atoms with Crippen molar-refractivity contribution in [3.63, 3.8) is 0 Å². The second kappa shape index (κ2) is 6.21. The van der Waals surface area contributed by atoms with Crippen LogP contribution in [0.15, 0.2) is 18.5 Å². The molecule has 0 amide bonds. The SMILES string of the molecule is COCCNCC(=O)c1cncc(F)c1. The third-order valence-corrected chi connectivity index (χ3v) is 1.80. The Kier molecular flexibility index (Phi) is 4.86. The number of methoxy groups -OCH3 is 1. The van der Waals surface area contributed by atoms with Crippen LogP contribution < -0.4 is 5.32 Å². The van der Waals surface area contributed by atoms with Gasteiger partial charge in [0.25, 0.3) is 0 Å². The molecule has 82 valence electrons. The smallest absolute Gasteiger partial charge is 0.178 e. The molecule has 1 rings (SSSR count). The largest absolute Gasteiger partial charge is 0.383 e. The van der Waals surface area contributed by atoms with Crippen molar-refractivity contribution in [3.05, 3.63) is 29.8 Å². The molecule has 0 atom stereocenters. The van der Waals surface area contributed by atoms with Crippen molar-refractivity contribution in [2.75, 3.05) is 26.8 Å². The number of hydrogen-bond donors (Lipinski definition) is 1. The predicted molar refractivity (Wildman–Crippen MR) is 53.3 cm³/mol. The monoisotopic (exact) mass is 212 g/mol. The number of carbonyl (C=O) groups is 1. The van der Waals surface area contributed by atoms with E-state index in [9.17, 15) is 9.18 Å². The maximum absolute atomic E-state index is 12.7. The van der Waals surface area contributed by atoms with Crippen LogP contribution in [0, 0.1) is 5.82 Å². The van der Waals surface area contributed by atoms with Gasteiger partial charge in [0.1, 0.15) is 5.82 Å². The van der Waals surface area contributed by atoms with Crippen LogP contribution in [-0.2, 0) is 4.74 Å². The minimum Gasteiger partial charge on any atom is -0.383 e. The average molecular weight is 212 g/mol. The zero-order valence-electron chi connectivity index (χ0n) is 8.50. The van der Waals surface area contributed by atoms with E-state index in [0.717, 1.165) is 6.20 Å². The fourth-order valence-corrected chi connectivity index (χ4v) is 1.04. The number of halogens is 1. The third kappa shape index (κ3) is 4.14. The highest BCUT2D eigenvalue weighted by Crippen LogP contribution is 2.00. The van der Waals surface area contributed by atoms with Gasteiger partial charge in [-0.15, -0.1) is 0 Å². The first-order valence-corrected chi connectivity index (χ1v) is 4.57. The molecule has 4 nitrogen and oxygen atoms in total. The number of nitrogens with one attached hydrogen (secondary N) is 1. The van der Waals surface area contributed by atoms with Crippen molar-refractivity contribution in [1.29, 1.82) is 0 Å². The summed E-state index contributed by atoms with van der Waals surface area (Å²) < 4.78 is 17.5. The van der Waals surface area contributed by atoms with Crippen LogP contribution in [0.4, 0.5) is 4.39 Å². The first-order chi connectivity index (χ1) is 7.24. The van der Waals surface area contributed by atoms with Gasteiger partial charge in [-0.25, -0.2) is 4.39 Å². The van der Waals surface area contributed by atoms with Crippen LogP contribution in [0.25, 0.3) is 0 Å². The molecule has 0 unspecified atom stereocenters. The van der Waals surface area contributed by atoms with Crippen LogP contribution in [0.5, 0.6) is 0 Å². The summed E-state index contributed by atoms with van der Waals surface area (Å²) in [6.07, 6.45) is 2.42. The van der Waals surface area contributed by atoms with Crippen molar-refractivity contribution in [2.45, 2.75) is 0 Å². The Morgan fingerprint density at radius 2 is 2.40 bits per heavy atom. The summed E-state index contributed by atoms with van der Waals surface area (Å²) in [7, 11) is 1.58. The molecule has 0 radical (unpaired) electrons. The Bertz CT molecular complexity index is 331.